The van der Waals surface area contributed by atoms with E-state index in [1.165, 1.54) is 0 Å². The van der Waals surface area contributed by atoms with Crippen LogP contribution in [0.15, 0.2) is 51.5 Å². The van der Waals surface area contributed by atoms with E-state index >= 15 is 0 Å². The molecule has 2 aromatic carbocycles. The van der Waals surface area contributed by atoms with Gasteiger partial charge in [-0.3, -0.25) is 0 Å². The average Bonchev–Trinajstić information content (AvgIpc) is 3.22. The van der Waals surface area contributed by atoms with Crippen molar-refractivity contribution in [3.05, 3.63) is 64.0 Å². The van der Waals surface area contributed by atoms with E-state index in [-0.39, 0.29) is 11.9 Å². The van der Waals surface area contributed by atoms with Crippen molar-refractivity contribution in [2.24, 2.45) is 0 Å². The Kier molecular flexibility index (Phi) is 5.67. The molecule has 0 saturated carbocycles. The number of amides is 2. The maximum absolute atomic E-state index is 12.9. The van der Waals surface area contributed by atoms with E-state index in [0.29, 0.717) is 18.3 Å². The van der Waals surface area contributed by atoms with E-state index in [1.54, 1.807) is 0 Å². The Hall–Kier alpha value is -2.67. The third-order valence-electron chi connectivity index (χ3n) is 5.32. The Balaban J connectivity index is 1.46. The van der Waals surface area contributed by atoms with E-state index in [9.17, 15) is 4.79 Å². The fourth-order valence-corrected chi connectivity index (χ4v) is 3.94. The molecule has 1 saturated heterocycles. The minimum Gasteiger partial charge on any atom is -0.339 e. The number of hydrogen-bond acceptors (Lipinski definition) is 4. The number of carbonyl (C=O) groups is 1. The van der Waals surface area contributed by atoms with Gasteiger partial charge in [-0.2, -0.15) is 4.98 Å². The van der Waals surface area contributed by atoms with Crippen LogP contribution in [0, 0.1) is 13.8 Å². The van der Waals surface area contributed by atoms with Crippen LogP contribution < -0.4 is 5.32 Å². The molecule has 3 aromatic rings. The second-order valence-corrected chi connectivity index (χ2v) is 8.36. The molecular weight excluding hydrogens is 432 g/mol. The monoisotopic (exact) mass is 454 g/mol. The number of benzene rings is 2. The van der Waals surface area contributed by atoms with Gasteiger partial charge in [0.05, 0.1) is 5.92 Å². The summed E-state index contributed by atoms with van der Waals surface area (Å²) in [6.07, 6.45) is 1.83. The molecule has 0 spiro atoms. The molecule has 2 heterocycles. The second-order valence-electron chi connectivity index (χ2n) is 7.45. The van der Waals surface area contributed by atoms with Gasteiger partial charge >= 0.3 is 6.03 Å². The van der Waals surface area contributed by atoms with Gasteiger partial charge in [-0.25, -0.2) is 4.79 Å². The van der Waals surface area contributed by atoms with Crippen LogP contribution in [0.3, 0.4) is 0 Å². The minimum atomic E-state index is -0.0836. The summed E-state index contributed by atoms with van der Waals surface area (Å²) >= 11 is 3.43. The maximum Gasteiger partial charge on any atom is 0.321 e. The molecule has 6 nitrogen and oxygen atoms in total. The lowest BCUT2D eigenvalue weighted by atomic mass is 9.98. The number of aryl methyl sites for hydroxylation is 2. The van der Waals surface area contributed by atoms with Gasteiger partial charge in [-0.05, 0) is 62.1 Å². The molecule has 1 aromatic heterocycles. The summed E-state index contributed by atoms with van der Waals surface area (Å²) in [7, 11) is 0. The van der Waals surface area contributed by atoms with Crippen molar-refractivity contribution < 1.29 is 9.32 Å². The van der Waals surface area contributed by atoms with E-state index in [0.717, 1.165) is 46.2 Å². The maximum atomic E-state index is 12.9. The highest BCUT2D eigenvalue weighted by Crippen LogP contribution is 2.29. The van der Waals surface area contributed by atoms with Crippen LogP contribution in [0.5, 0.6) is 0 Å². The summed E-state index contributed by atoms with van der Waals surface area (Å²) in [6, 6.07) is 13.7. The van der Waals surface area contributed by atoms with E-state index in [1.807, 2.05) is 61.2 Å². The molecule has 1 aliphatic heterocycles. The van der Waals surface area contributed by atoms with E-state index in [2.05, 4.69) is 31.4 Å². The van der Waals surface area contributed by atoms with Gasteiger partial charge in [-0.15, -0.1) is 0 Å². The summed E-state index contributed by atoms with van der Waals surface area (Å²) in [5.41, 5.74) is 3.91. The first-order valence-corrected chi connectivity index (χ1v) is 10.5. The standard InChI is InChI=1S/C22H23BrN4O2/c1-14-5-3-6-15(2)19(14)24-22(28)27-12-4-7-17(13-27)21-25-20(26-29-21)16-8-10-18(23)11-9-16/h3,5-6,8-11,17H,4,7,12-13H2,1-2H3,(H,24,28). The lowest BCUT2D eigenvalue weighted by Gasteiger charge is -2.31. The first kappa shape index (κ1) is 19.6. The predicted octanol–water partition coefficient (Wildman–Crippen LogP) is 5.53. The van der Waals surface area contributed by atoms with Crippen LogP contribution in [0.4, 0.5) is 10.5 Å². The first-order chi connectivity index (χ1) is 14.0. The van der Waals surface area contributed by atoms with Crippen LogP contribution in [0.1, 0.15) is 35.8 Å². The van der Waals surface area contributed by atoms with Gasteiger partial charge in [0.15, 0.2) is 0 Å². The smallest absolute Gasteiger partial charge is 0.321 e. The second kappa shape index (κ2) is 8.37. The van der Waals surface area contributed by atoms with Gasteiger partial charge in [0.2, 0.25) is 11.7 Å². The molecule has 1 fully saturated rings. The van der Waals surface area contributed by atoms with Crippen molar-refractivity contribution in [2.45, 2.75) is 32.6 Å². The highest BCUT2D eigenvalue weighted by atomic mass is 79.9. The number of urea groups is 1. The molecule has 1 aliphatic rings. The third-order valence-corrected chi connectivity index (χ3v) is 5.84. The number of aromatic nitrogens is 2. The van der Waals surface area contributed by atoms with Gasteiger partial charge in [-0.1, -0.05) is 39.3 Å². The molecule has 1 unspecified atom stereocenters. The summed E-state index contributed by atoms with van der Waals surface area (Å²) in [4.78, 5) is 19.3. The quantitative estimate of drug-likeness (QED) is 0.564. The van der Waals surface area contributed by atoms with Crippen molar-refractivity contribution >= 4 is 27.6 Å². The van der Waals surface area contributed by atoms with E-state index < -0.39 is 0 Å². The zero-order valence-corrected chi connectivity index (χ0v) is 18.1. The average molecular weight is 455 g/mol. The fraction of sp³-hybridized carbons (Fsp3) is 0.318. The van der Waals surface area contributed by atoms with Gasteiger partial charge in [0.1, 0.15) is 0 Å². The molecule has 150 valence electrons. The minimum absolute atomic E-state index is 0.0455. The number of rotatable bonds is 3. The number of hydrogen-bond donors (Lipinski definition) is 1. The first-order valence-electron chi connectivity index (χ1n) is 9.73. The molecule has 29 heavy (non-hydrogen) atoms. The number of nitrogens with zero attached hydrogens (tertiary/aromatic N) is 3. The highest BCUT2D eigenvalue weighted by molar-refractivity contribution is 9.10. The lowest BCUT2D eigenvalue weighted by molar-refractivity contribution is 0.184. The lowest BCUT2D eigenvalue weighted by Crippen LogP contribution is -2.41. The number of nitrogens with one attached hydrogen (secondary N) is 1. The molecule has 0 bridgehead atoms. The van der Waals surface area contributed by atoms with Crippen LogP contribution in [0.2, 0.25) is 0 Å². The Morgan fingerprint density at radius 1 is 1.17 bits per heavy atom. The molecule has 0 radical (unpaired) electrons. The zero-order chi connectivity index (χ0) is 20.4. The predicted molar refractivity (Wildman–Crippen MR) is 116 cm³/mol. The SMILES string of the molecule is Cc1cccc(C)c1NC(=O)N1CCCC(c2nc(-c3ccc(Br)cc3)no2)C1. The summed E-state index contributed by atoms with van der Waals surface area (Å²) in [5.74, 6) is 1.21. The third kappa shape index (κ3) is 4.34. The number of piperidine rings is 1. The fourth-order valence-electron chi connectivity index (χ4n) is 3.68. The molecule has 1 N–H and O–H groups in total. The largest absolute Gasteiger partial charge is 0.339 e. The zero-order valence-electron chi connectivity index (χ0n) is 16.5. The molecule has 2 amide bonds. The Bertz CT molecular complexity index is 996. The number of anilines is 1. The van der Waals surface area contributed by atoms with Crippen LogP contribution in [0.25, 0.3) is 11.4 Å². The molecule has 0 aliphatic carbocycles. The van der Waals surface area contributed by atoms with Crippen LogP contribution in [-0.2, 0) is 0 Å². The molecule has 7 heteroatoms. The normalized spacial score (nSPS) is 16.7. The number of likely N-dealkylation sites (tertiary alicyclic amines) is 1. The number of carbonyl (C=O) groups excluding carboxylic acids is 1. The van der Waals surface area contributed by atoms with Crippen LogP contribution in [-0.4, -0.2) is 34.2 Å². The Morgan fingerprint density at radius 3 is 2.62 bits per heavy atom. The number of halogens is 1. The Morgan fingerprint density at radius 2 is 1.90 bits per heavy atom. The van der Waals surface area contributed by atoms with Gasteiger partial charge in [0.25, 0.3) is 0 Å². The summed E-state index contributed by atoms with van der Waals surface area (Å²) < 4.78 is 6.54. The van der Waals surface area contributed by atoms with Gasteiger partial charge in [0, 0.05) is 28.8 Å². The van der Waals surface area contributed by atoms with Crippen molar-refractivity contribution in [3.63, 3.8) is 0 Å². The number of para-hydroxylation sites is 1. The van der Waals surface area contributed by atoms with Crippen molar-refractivity contribution in [3.8, 4) is 11.4 Å². The summed E-state index contributed by atoms with van der Waals surface area (Å²) in [6.45, 7) is 5.30. The van der Waals surface area contributed by atoms with Crippen molar-refractivity contribution in [2.75, 3.05) is 18.4 Å². The highest BCUT2D eigenvalue weighted by Gasteiger charge is 2.29. The summed E-state index contributed by atoms with van der Waals surface area (Å²) in [5, 5.41) is 7.20. The van der Waals surface area contributed by atoms with Crippen molar-refractivity contribution in [1.29, 1.82) is 0 Å². The molecular formula is C22H23BrN4O2. The Labute approximate surface area is 178 Å². The molecule has 1 atom stereocenters. The topological polar surface area (TPSA) is 71.3 Å². The molecule has 4 rings (SSSR count). The van der Waals surface area contributed by atoms with E-state index in [4.69, 9.17) is 4.52 Å². The van der Waals surface area contributed by atoms with Gasteiger partial charge < -0.3 is 14.7 Å². The van der Waals surface area contributed by atoms with Crippen molar-refractivity contribution in [1.82, 2.24) is 15.0 Å². The van der Waals surface area contributed by atoms with Crippen LogP contribution >= 0.6 is 15.9 Å².